The molecule has 2 rings (SSSR count). The minimum atomic E-state index is -0.149. The van der Waals surface area contributed by atoms with Crippen LogP contribution in [0.25, 0.3) is 0 Å². The number of hydrogen-bond donors (Lipinski definition) is 2. The summed E-state index contributed by atoms with van der Waals surface area (Å²) in [5.41, 5.74) is 1.09. The Morgan fingerprint density at radius 3 is 2.76 bits per heavy atom. The predicted molar refractivity (Wildman–Crippen MR) is 102 cm³/mol. The molecule has 0 fully saturated rings. The zero-order valence-corrected chi connectivity index (χ0v) is 16.0. The van der Waals surface area contributed by atoms with E-state index in [0.717, 1.165) is 29.4 Å². The molecule has 0 saturated carbocycles. The number of carbonyl (C=O) groups excluding carboxylic acids is 1. The number of halogens is 1. The van der Waals surface area contributed by atoms with Crippen LogP contribution in [0.4, 0.5) is 0 Å². The first-order valence-electron chi connectivity index (χ1n) is 8.13. The van der Waals surface area contributed by atoms with Crippen LogP contribution in [0.1, 0.15) is 17.4 Å². The highest BCUT2D eigenvalue weighted by atomic mass is 35.5. The Bertz CT molecular complexity index is 691. The molecule has 0 spiro atoms. The number of amides is 1. The van der Waals surface area contributed by atoms with Crippen LogP contribution in [-0.4, -0.2) is 32.7 Å². The first kappa shape index (κ1) is 19.6. The first-order valence-corrected chi connectivity index (χ1v) is 9.33. The van der Waals surface area contributed by atoms with Gasteiger partial charge in [-0.05, 0) is 43.2 Å². The average molecular weight is 383 g/mol. The summed E-state index contributed by atoms with van der Waals surface area (Å²) < 4.78 is 11.7. The standard InChI is InChI=1S/C18H23ClN2O3S/c1-3-21-18(22)12-24-15-6-4-13(10-16(15)23-2)11-20-9-8-14-5-7-17(19)25-14/h4-7,10,20H,3,8-9,11-12H2,1-2H3,(H,21,22). The fourth-order valence-corrected chi connectivity index (χ4v) is 3.35. The van der Waals surface area contributed by atoms with Gasteiger partial charge in [0.1, 0.15) is 0 Å². The van der Waals surface area contributed by atoms with E-state index in [1.807, 2.05) is 31.2 Å². The van der Waals surface area contributed by atoms with Crippen molar-refractivity contribution in [2.24, 2.45) is 0 Å². The summed E-state index contributed by atoms with van der Waals surface area (Å²) in [5, 5.41) is 6.09. The highest BCUT2D eigenvalue weighted by molar-refractivity contribution is 7.16. The third-order valence-electron chi connectivity index (χ3n) is 3.47. The summed E-state index contributed by atoms with van der Waals surface area (Å²) in [6.07, 6.45) is 0.947. The van der Waals surface area contributed by atoms with E-state index in [4.69, 9.17) is 21.1 Å². The van der Waals surface area contributed by atoms with Gasteiger partial charge in [-0.25, -0.2) is 0 Å². The molecule has 1 heterocycles. The van der Waals surface area contributed by atoms with Crippen LogP contribution < -0.4 is 20.1 Å². The van der Waals surface area contributed by atoms with Crippen LogP contribution >= 0.6 is 22.9 Å². The van der Waals surface area contributed by atoms with Gasteiger partial charge in [0.15, 0.2) is 18.1 Å². The molecular formula is C18H23ClN2O3S. The van der Waals surface area contributed by atoms with Gasteiger partial charge in [-0.3, -0.25) is 4.79 Å². The molecule has 136 valence electrons. The molecule has 1 aromatic carbocycles. The van der Waals surface area contributed by atoms with Gasteiger partial charge in [-0.15, -0.1) is 11.3 Å². The number of hydrogen-bond acceptors (Lipinski definition) is 5. The van der Waals surface area contributed by atoms with Crippen molar-refractivity contribution in [2.75, 3.05) is 26.8 Å². The molecule has 0 unspecified atom stereocenters. The number of nitrogens with one attached hydrogen (secondary N) is 2. The lowest BCUT2D eigenvalue weighted by atomic mass is 10.2. The first-order chi connectivity index (χ1) is 12.1. The Morgan fingerprint density at radius 1 is 1.24 bits per heavy atom. The maximum atomic E-state index is 11.5. The molecule has 2 N–H and O–H groups in total. The molecule has 0 bridgehead atoms. The topological polar surface area (TPSA) is 59.6 Å². The van der Waals surface area contributed by atoms with Crippen molar-refractivity contribution < 1.29 is 14.3 Å². The second-order valence-corrected chi connectivity index (χ2v) is 7.16. The van der Waals surface area contributed by atoms with E-state index in [-0.39, 0.29) is 12.5 Å². The number of thiophene rings is 1. The van der Waals surface area contributed by atoms with Gasteiger partial charge in [-0.2, -0.15) is 0 Å². The molecule has 5 nitrogen and oxygen atoms in total. The van der Waals surface area contributed by atoms with Gasteiger partial charge in [-0.1, -0.05) is 17.7 Å². The monoisotopic (exact) mass is 382 g/mol. The van der Waals surface area contributed by atoms with Crippen LogP contribution in [0.15, 0.2) is 30.3 Å². The largest absolute Gasteiger partial charge is 0.493 e. The van der Waals surface area contributed by atoms with Gasteiger partial charge in [0.25, 0.3) is 5.91 Å². The molecule has 0 saturated heterocycles. The number of rotatable bonds is 10. The minimum absolute atomic E-state index is 0.0226. The van der Waals surface area contributed by atoms with E-state index in [0.29, 0.717) is 18.0 Å². The summed E-state index contributed by atoms with van der Waals surface area (Å²) in [4.78, 5) is 12.7. The molecular weight excluding hydrogens is 360 g/mol. The lowest BCUT2D eigenvalue weighted by molar-refractivity contribution is -0.123. The second kappa shape index (κ2) is 10.3. The molecule has 0 radical (unpaired) electrons. The summed E-state index contributed by atoms with van der Waals surface area (Å²) in [6, 6.07) is 9.69. The highest BCUT2D eigenvalue weighted by Gasteiger charge is 2.08. The molecule has 25 heavy (non-hydrogen) atoms. The summed E-state index contributed by atoms with van der Waals surface area (Å²) in [6.45, 7) is 4.03. The maximum Gasteiger partial charge on any atom is 0.257 e. The van der Waals surface area contributed by atoms with E-state index in [1.165, 1.54) is 4.88 Å². The summed E-state index contributed by atoms with van der Waals surface area (Å²) in [7, 11) is 1.59. The molecule has 2 aromatic rings. The van der Waals surface area contributed by atoms with Gasteiger partial charge < -0.3 is 20.1 Å². The van der Waals surface area contributed by atoms with Crippen LogP contribution in [0.2, 0.25) is 4.34 Å². The summed E-state index contributed by atoms with van der Waals surface area (Å²) in [5.74, 6) is 1.03. The molecule has 1 amide bonds. The molecule has 0 aliphatic rings. The van der Waals surface area contributed by atoms with Crippen LogP contribution in [-0.2, 0) is 17.8 Å². The Morgan fingerprint density at radius 2 is 2.08 bits per heavy atom. The third kappa shape index (κ3) is 6.57. The molecule has 1 aromatic heterocycles. The smallest absolute Gasteiger partial charge is 0.257 e. The van der Waals surface area contributed by atoms with Crippen LogP contribution in [0, 0.1) is 0 Å². The van der Waals surface area contributed by atoms with E-state index in [1.54, 1.807) is 18.4 Å². The van der Waals surface area contributed by atoms with Crippen molar-refractivity contribution >= 4 is 28.8 Å². The number of likely N-dealkylation sites (N-methyl/N-ethyl adjacent to an activating group) is 1. The van der Waals surface area contributed by atoms with E-state index in [2.05, 4.69) is 16.7 Å². The van der Waals surface area contributed by atoms with Crippen LogP contribution in [0.3, 0.4) is 0 Å². The second-order valence-electron chi connectivity index (χ2n) is 5.36. The van der Waals surface area contributed by atoms with Crippen molar-refractivity contribution in [1.29, 1.82) is 0 Å². The maximum absolute atomic E-state index is 11.5. The Hall–Kier alpha value is -1.76. The van der Waals surface area contributed by atoms with Gasteiger partial charge >= 0.3 is 0 Å². The van der Waals surface area contributed by atoms with Crippen molar-refractivity contribution in [1.82, 2.24) is 10.6 Å². The minimum Gasteiger partial charge on any atom is -0.493 e. The fourth-order valence-electron chi connectivity index (χ4n) is 2.26. The number of methoxy groups -OCH3 is 1. The van der Waals surface area contributed by atoms with E-state index >= 15 is 0 Å². The van der Waals surface area contributed by atoms with Gasteiger partial charge in [0.05, 0.1) is 11.4 Å². The van der Waals surface area contributed by atoms with Crippen molar-refractivity contribution in [3.8, 4) is 11.5 Å². The summed E-state index contributed by atoms with van der Waals surface area (Å²) >= 11 is 7.54. The van der Waals surface area contributed by atoms with Crippen molar-refractivity contribution in [3.05, 3.63) is 45.1 Å². The lowest BCUT2D eigenvalue weighted by Gasteiger charge is -2.12. The van der Waals surface area contributed by atoms with Crippen LogP contribution in [0.5, 0.6) is 11.5 Å². The third-order valence-corrected chi connectivity index (χ3v) is 4.76. The molecule has 0 aliphatic heterocycles. The Balaban J connectivity index is 1.82. The SMILES string of the molecule is CCNC(=O)COc1ccc(CNCCc2ccc(Cl)s2)cc1OC. The normalized spacial score (nSPS) is 10.5. The van der Waals surface area contributed by atoms with E-state index in [9.17, 15) is 4.79 Å². The number of benzene rings is 1. The highest BCUT2D eigenvalue weighted by Crippen LogP contribution is 2.28. The van der Waals surface area contributed by atoms with Crippen molar-refractivity contribution in [3.63, 3.8) is 0 Å². The lowest BCUT2D eigenvalue weighted by Crippen LogP contribution is -2.28. The Kier molecular flexibility index (Phi) is 8.04. The predicted octanol–water partition coefficient (Wildman–Crippen LogP) is 3.26. The zero-order chi connectivity index (χ0) is 18.1. The zero-order valence-electron chi connectivity index (χ0n) is 14.4. The van der Waals surface area contributed by atoms with E-state index < -0.39 is 0 Å². The molecule has 0 atom stereocenters. The molecule has 7 heteroatoms. The van der Waals surface area contributed by atoms with Crippen molar-refractivity contribution in [2.45, 2.75) is 19.9 Å². The van der Waals surface area contributed by atoms with Gasteiger partial charge in [0, 0.05) is 24.5 Å². The fraction of sp³-hybridized carbons (Fsp3) is 0.389. The number of ether oxygens (including phenoxy) is 2. The Labute approximate surface area is 157 Å². The quantitative estimate of drug-likeness (QED) is 0.619. The molecule has 0 aliphatic carbocycles. The van der Waals surface area contributed by atoms with Gasteiger partial charge in [0.2, 0.25) is 0 Å². The average Bonchev–Trinajstić information content (AvgIpc) is 3.03. The number of carbonyl (C=O) groups is 1.